The Bertz CT molecular complexity index is 522. The second-order valence-corrected chi connectivity index (χ2v) is 5.34. The fraction of sp³-hybridized carbons (Fsp3) is 0.368. The molecule has 0 aliphatic carbocycles. The summed E-state index contributed by atoms with van der Waals surface area (Å²) in [5, 5.41) is 3.43. The van der Waals surface area contributed by atoms with Gasteiger partial charge in [-0.05, 0) is 29.8 Å². The fourth-order valence-electron chi connectivity index (χ4n) is 2.51. The van der Waals surface area contributed by atoms with Gasteiger partial charge in [0.05, 0.1) is 0 Å². The van der Waals surface area contributed by atoms with Gasteiger partial charge < -0.3 is 5.32 Å². The van der Waals surface area contributed by atoms with Crippen LogP contribution >= 0.6 is 0 Å². The first-order valence-electron chi connectivity index (χ1n) is 7.87. The maximum Gasteiger partial charge on any atom is 0.0240 e. The third-order valence-electron chi connectivity index (χ3n) is 3.77. The minimum absolute atomic E-state index is 0.954. The third-order valence-corrected chi connectivity index (χ3v) is 3.77. The van der Waals surface area contributed by atoms with Crippen molar-refractivity contribution in [3.63, 3.8) is 0 Å². The summed E-state index contributed by atoms with van der Waals surface area (Å²) in [7, 11) is 0. The lowest BCUT2D eigenvalue weighted by Crippen LogP contribution is -2.23. The van der Waals surface area contributed by atoms with Gasteiger partial charge in [0, 0.05) is 19.6 Å². The van der Waals surface area contributed by atoms with Crippen molar-refractivity contribution in [2.75, 3.05) is 13.1 Å². The van der Waals surface area contributed by atoms with Gasteiger partial charge in [-0.1, -0.05) is 68.4 Å². The zero-order valence-corrected chi connectivity index (χ0v) is 13.2. The van der Waals surface area contributed by atoms with E-state index >= 15 is 0 Å². The molecule has 0 spiro atoms. The van der Waals surface area contributed by atoms with Crippen LogP contribution in [0.25, 0.3) is 0 Å². The molecule has 0 heterocycles. The van der Waals surface area contributed by atoms with Gasteiger partial charge in [0.15, 0.2) is 0 Å². The molecule has 0 unspecified atom stereocenters. The van der Waals surface area contributed by atoms with Gasteiger partial charge >= 0.3 is 0 Å². The minimum Gasteiger partial charge on any atom is -0.313 e. The summed E-state index contributed by atoms with van der Waals surface area (Å²) < 4.78 is 0. The van der Waals surface area contributed by atoms with Gasteiger partial charge in [0.25, 0.3) is 0 Å². The molecule has 0 fully saturated rings. The number of rotatable bonds is 8. The minimum atomic E-state index is 0.954. The van der Waals surface area contributed by atoms with Gasteiger partial charge in [0.1, 0.15) is 0 Å². The third kappa shape index (κ3) is 5.00. The van der Waals surface area contributed by atoms with Crippen molar-refractivity contribution in [3.05, 3.63) is 71.3 Å². The maximum absolute atomic E-state index is 3.43. The summed E-state index contributed by atoms with van der Waals surface area (Å²) >= 11 is 0. The van der Waals surface area contributed by atoms with E-state index in [4.69, 9.17) is 0 Å². The molecule has 2 rings (SSSR count). The molecule has 0 saturated carbocycles. The Balaban J connectivity index is 2.04. The Labute approximate surface area is 128 Å². The molecule has 0 saturated heterocycles. The predicted octanol–water partition coefficient (Wildman–Crippen LogP) is 3.82. The second kappa shape index (κ2) is 8.60. The van der Waals surface area contributed by atoms with E-state index in [-0.39, 0.29) is 0 Å². The van der Waals surface area contributed by atoms with Gasteiger partial charge in [-0.15, -0.1) is 0 Å². The van der Waals surface area contributed by atoms with E-state index in [0.29, 0.717) is 0 Å². The lowest BCUT2D eigenvalue weighted by Gasteiger charge is -2.22. The van der Waals surface area contributed by atoms with E-state index in [9.17, 15) is 0 Å². The molecule has 0 bridgehead atoms. The molecule has 0 aromatic heterocycles. The molecule has 0 aliphatic rings. The van der Waals surface area contributed by atoms with Crippen LogP contribution in [0.5, 0.6) is 0 Å². The van der Waals surface area contributed by atoms with Crippen LogP contribution in [0, 0.1) is 0 Å². The van der Waals surface area contributed by atoms with Crippen LogP contribution in [0.3, 0.4) is 0 Å². The molecule has 0 atom stereocenters. The molecule has 2 aromatic carbocycles. The molecule has 2 aromatic rings. The Hall–Kier alpha value is -1.64. The van der Waals surface area contributed by atoms with Gasteiger partial charge in [-0.3, -0.25) is 4.90 Å². The van der Waals surface area contributed by atoms with Crippen molar-refractivity contribution in [3.8, 4) is 0 Å². The Morgan fingerprint density at radius 1 is 0.810 bits per heavy atom. The van der Waals surface area contributed by atoms with Crippen LogP contribution in [-0.4, -0.2) is 18.0 Å². The summed E-state index contributed by atoms with van der Waals surface area (Å²) in [6.07, 6.45) is 0. The van der Waals surface area contributed by atoms with Gasteiger partial charge in [0.2, 0.25) is 0 Å². The molecular weight excluding hydrogens is 256 g/mol. The summed E-state index contributed by atoms with van der Waals surface area (Å²) in [6, 6.07) is 19.5. The number of hydrogen-bond donors (Lipinski definition) is 1. The summed E-state index contributed by atoms with van der Waals surface area (Å²) in [5.41, 5.74) is 4.21. The molecule has 2 nitrogen and oxygen atoms in total. The fourth-order valence-corrected chi connectivity index (χ4v) is 2.51. The van der Waals surface area contributed by atoms with E-state index in [0.717, 1.165) is 32.7 Å². The highest BCUT2D eigenvalue weighted by molar-refractivity contribution is 5.27. The monoisotopic (exact) mass is 282 g/mol. The lowest BCUT2D eigenvalue weighted by molar-refractivity contribution is 0.270. The largest absolute Gasteiger partial charge is 0.313 e. The topological polar surface area (TPSA) is 15.3 Å². The van der Waals surface area contributed by atoms with Crippen LogP contribution in [0.2, 0.25) is 0 Å². The van der Waals surface area contributed by atoms with Crippen molar-refractivity contribution in [1.29, 1.82) is 0 Å². The highest BCUT2D eigenvalue weighted by atomic mass is 15.1. The quantitative estimate of drug-likeness (QED) is 0.792. The molecule has 21 heavy (non-hydrogen) atoms. The zero-order valence-electron chi connectivity index (χ0n) is 13.2. The molecule has 1 N–H and O–H groups in total. The summed E-state index contributed by atoms with van der Waals surface area (Å²) in [6.45, 7) is 9.42. The van der Waals surface area contributed by atoms with Crippen molar-refractivity contribution >= 4 is 0 Å². The number of hydrogen-bond acceptors (Lipinski definition) is 2. The SMILES string of the molecule is CCNCc1ccccc1CN(CC)Cc1ccccc1. The normalized spacial score (nSPS) is 11.0. The van der Waals surface area contributed by atoms with E-state index in [1.807, 2.05) is 0 Å². The van der Waals surface area contributed by atoms with Crippen molar-refractivity contribution in [1.82, 2.24) is 10.2 Å². The molecule has 0 radical (unpaired) electrons. The molecular formula is C19H26N2. The highest BCUT2D eigenvalue weighted by Crippen LogP contribution is 2.14. The standard InChI is InChI=1S/C19H26N2/c1-3-20-14-18-12-8-9-13-19(18)16-21(4-2)15-17-10-6-5-7-11-17/h5-13,20H,3-4,14-16H2,1-2H3. The second-order valence-electron chi connectivity index (χ2n) is 5.34. The van der Waals surface area contributed by atoms with Crippen LogP contribution in [-0.2, 0) is 19.6 Å². The van der Waals surface area contributed by atoms with Crippen LogP contribution in [0.4, 0.5) is 0 Å². The highest BCUT2D eigenvalue weighted by Gasteiger charge is 2.08. The van der Waals surface area contributed by atoms with E-state index < -0.39 is 0 Å². The van der Waals surface area contributed by atoms with Crippen molar-refractivity contribution in [2.45, 2.75) is 33.5 Å². The maximum atomic E-state index is 3.43. The molecule has 0 aliphatic heterocycles. The van der Waals surface area contributed by atoms with Crippen LogP contribution in [0.1, 0.15) is 30.5 Å². The van der Waals surface area contributed by atoms with Crippen LogP contribution in [0.15, 0.2) is 54.6 Å². The number of benzene rings is 2. The summed E-state index contributed by atoms with van der Waals surface area (Å²) in [5.74, 6) is 0. The van der Waals surface area contributed by atoms with Gasteiger partial charge in [-0.2, -0.15) is 0 Å². The predicted molar refractivity (Wildman–Crippen MR) is 90.1 cm³/mol. The van der Waals surface area contributed by atoms with E-state index in [1.165, 1.54) is 16.7 Å². The first kappa shape index (κ1) is 15.7. The Morgan fingerprint density at radius 2 is 1.48 bits per heavy atom. The smallest absolute Gasteiger partial charge is 0.0240 e. The number of nitrogens with one attached hydrogen (secondary N) is 1. The van der Waals surface area contributed by atoms with E-state index in [1.54, 1.807) is 0 Å². The average molecular weight is 282 g/mol. The average Bonchev–Trinajstić information content (AvgIpc) is 2.54. The lowest BCUT2D eigenvalue weighted by atomic mass is 10.1. The van der Waals surface area contributed by atoms with Crippen LogP contribution < -0.4 is 5.32 Å². The first-order chi connectivity index (χ1) is 10.3. The van der Waals surface area contributed by atoms with Crippen molar-refractivity contribution < 1.29 is 0 Å². The van der Waals surface area contributed by atoms with E-state index in [2.05, 4.69) is 78.7 Å². The Morgan fingerprint density at radius 3 is 2.14 bits per heavy atom. The molecule has 112 valence electrons. The van der Waals surface area contributed by atoms with Crippen molar-refractivity contribution in [2.24, 2.45) is 0 Å². The zero-order chi connectivity index (χ0) is 14.9. The number of nitrogens with zero attached hydrogens (tertiary/aromatic N) is 1. The molecule has 2 heteroatoms. The first-order valence-corrected chi connectivity index (χ1v) is 7.87. The Kier molecular flexibility index (Phi) is 6.45. The summed E-state index contributed by atoms with van der Waals surface area (Å²) in [4.78, 5) is 2.49. The molecule has 0 amide bonds. The van der Waals surface area contributed by atoms with Gasteiger partial charge in [-0.25, -0.2) is 0 Å².